The van der Waals surface area contributed by atoms with Crippen LogP contribution in [0, 0.1) is 0 Å². The van der Waals surface area contributed by atoms with Crippen LogP contribution in [0.2, 0.25) is 0 Å². The zero-order chi connectivity index (χ0) is 23.8. The number of nitrogens with one attached hydrogen (secondary N) is 1. The number of methoxy groups -OCH3 is 1. The number of aliphatic carboxylic acids is 2. The quantitative estimate of drug-likeness (QED) is 0.272. The molecule has 0 fully saturated rings. The number of carboxylic acids is 2. The molecule has 31 heavy (non-hydrogen) atoms. The second-order valence-corrected chi connectivity index (χ2v) is 6.54. The Morgan fingerprint density at radius 1 is 0.903 bits per heavy atom. The lowest BCUT2D eigenvalue weighted by molar-refractivity contribution is -0.139. The van der Waals surface area contributed by atoms with E-state index in [1.165, 1.54) is 0 Å². The largest absolute Gasteiger partial charge is 0.481 e. The second-order valence-electron chi connectivity index (χ2n) is 6.54. The van der Waals surface area contributed by atoms with E-state index in [-0.39, 0.29) is 38.6 Å². The molecular weight excluding hydrogens is 408 g/mol. The monoisotopic (exact) mass is 452 g/mol. The van der Waals surface area contributed by atoms with E-state index in [0.29, 0.717) is 45.4 Å². The summed E-state index contributed by atoms with van der Waals surface area (Å²) in [7, 11) is 5.19. The van der Waals surface area contributed by atoms with Crippen molar-refractivity contribution in [3.8, 4) is 0 Å². The predicted molar refractivity (Wildman–Crippen MR) is 120 cm³/mol. The van der Waals surface area contributed by atoms with Gasteiger partial charge in [0.25, 0.3) is 0 Å². The number of aliphatic hydroxyl groups is 1. The third kappa shape index (κ3) is 39.1. The zero-order valence-corrected chi connectivity index (χ0v) is 18.8. The van der Waals surface area contributed by atoms with Crippen LogP contribution in [0.5, 0.6) is 0 Å². The van der Waals surface area contributed by atoms with E-state index in [0.717, 1.165) is 12.8 Å². The molecule has 1 amide bonds. The van der Waals surface area contributed by atoms with Crippen LogP contribution in [0.25, 0.3) is 0 Å². The van der Waals surface area contributed by atoms with Gasteiger partial charge in [0.1, 0.15) is 5.78 Å². The van der Waals surface area contributed by atoms with Gasteiger partial charge in [-0.15, -0.1) is 0 Å². The van der Waals surface area contributed by atoms with Gasteiger partial charge in [0.2, 0.25) is 5.91 Å². The fraction of sp³-hybridized carbons (Fsp3) is 0.810. The van der Waals surface area contributed by atoms with Crippen molar-refractivity contribution in [3.63, 3.8) is 0 Å². The van der Waals surface area contributed by atoms with E-state index < -0.39 is 11.9 Å². The number of ketones is 1. The number of likely N-dealkylation sites (N-methyl/N-ethyl adjacent to an activating group) is 2. The Bertz CT molecular complexity index is 441. The molecule has 4 N–H and O–H groups in total. The van der Waals surface area contributed by atoms with Crippen LogP contribution in [-0.2, 0) is 23.9 Å². The van der Waals surface area contributed by atoms with Crippen molar-refractivity contribution in [3.05, 3.63) is 0 Å². The van der Waals surface area contributed by atoms with Crippen molar-refractivity contribution in [2.45, 2.75) is 65.7 Å². The van der Waals surface area contributed by atoms with Crippen LogP contribution in [-0.4, -0.2) is 91.4 Å². The number of amides is 1. The molecule has 0 aliphatic carbocycles. The Labute approximate surface area is 187 Å². The Balaban J connectivity index is -0.000000197. The molecule has 0 rings (SSSR count). The molecule has 0 aromatic heterocycles. The first kappa shape index (κ1) is 36.3. The minimum atomic E-state index is -0.870. The van der Waals surface area contributed by atoms with Gasteiger partial charge in [-0.2, -0.15) is 0 Å². The van der Waals surface area contributed by atoms with Crippen LogP contribution < -0.4 is 5.32 Å². The van der Waals surface area contributed by atoms with Crippen LogP contribution >= 0.6 is 0 Å². The van der Waals surface area contributed by atoms with Crippen molar-refractivity contribution in [2.75, 3.05) is 47.5 Å². The highest BCUT2D eigenvalue weighted by Crippen LogP contribution is 2.03. The molecule has 0 heterocycles. The Morgan fingerprint density at radius 3 is 1.68 bits per heavy atom. The topological polar surface area (TPSA) is 153 Å². The lowest BCUT2D eigenvalue weighted by atomic mass is 10.1. The van der Waals surface area contributed by atoms with Crippen LogP contribution in [0.4, 0.5) is 0 Å². The molecule has 10 nitrogen and oxygen atoms in total. The van der Waals surface area contributed by atoms with Gasteiger partial charge in [0.15, 0.2) is 0 Å². The first-order chi connectivity index (χ1) is 14.1. The van der Waals surface area contributed by atoms with E-state index in [2.05, 4.69) is 5.32 Å². The lowest BCUT2D eigenvalue weighted by Crippen LogP contribution is -2.29. The number of rotatable bonds is 15. The van der Waals surface area contributed by atoms with Crippen LogP contribution in [0.1, 0.15) is 65.7 Å². The standard InChI is InChI=1S/C11H21NO3.C6H10O4.C3H9NO.CH4/c1-10(13)6-4-5-7-11(14)12(2)8-9-15-3;7-5(8)3-1-2-4-6(9)10;1-4-2-3-5;/h4-9H2,1-3H3;1-4H2,(H,7,8)(H,9,10);4-5H,2-3H2,1H3;1H4. The van der Waals surface area contributed by atoms with Crippen molar-refractivity contribution in [2.24, 2.45) is 0 Å². The molecular formula is C21H44N2O8. The summed E-state index contributed by atoms with van der Waals surface area (Å²) in [5.74, 6) is -1.43. The van der Waals surface area contributed by atoms with Crippen molar-refractivity contribution < 1.29 is 39.2 Å². The smallest absolute Gasteiger partial charge is 0.303 e. The number of carbonyl (C=O) groups excluding carboxylic acids is 2. The summed E-state index contributed by atoms with van der Waals surface area (Å²) in [4.78, 5) is 43.6. The van der Waals surface area contributed by atoms with Crippen LogP contribution in [0.3, 0.4) is 0 Å². The minimum absolute atomic E-state index is 0. The molecule has 0 aromatic carbocycles. The normalized spacial score (nSPS) is 9.19. The summed E-state index contributed by atoms with van der Waals surface area (Å²) < 4.78 is 4.88. The fourth-order valence-electron chi connectivity index (χ4n) is 1.86. The van der Waals surface area contributed by atoms with E-state index in [9.17, 15) is 19.2 Å². The Hall–Kier alpha value is -2.04. The summed E-state index contributed by atoms with van der Waals surface area (Å²) in [6.45, 7) is 3.70. The van der Waals surface area contributed by atoms with E-state index in [1.807, 2.05) is 0 Å². The highest BCUT2D eigenvalue weighted by Gasteiger charge is 2.07. The molecule has 0 saturated heterocycles. The third-order valence-corrected chi connectivity index (χ3v) is 3.62. The summed E-state index contributed by atoms with van der Waals surface area (Å²) in [6.07, 6.45) is 3.71. The number of hydrogen-bond donors (Lipinski definition) is 4. The maximum atomic E-state index is 11.5. The number of aliphatic hydroxyl groups excluding tert-OH is 1. The molecule has 0 saturated carbocycles. The molecule has 10 heteroatoms. The van der Waals surface area contributed by atoms with E-state index >= 15 is 0 Å². The number of nitrogens with zero attached hydrogens (tertiary/aromatic N) is 1. The van der Waals surface area contributed by atoms with Gasteiger partial charge in [0, 0.05) is 52.9 Å². The van der Waals surface area contributed by atoms with Gasteiger partial charge in [0.05, 0.1) is 13.2 Å². The first-order valence-electron chi connectivity index (χ1n) is 10.0. The maximum Gasteiger partial charge on any atom is 0.303 e. The average Bonchev–Trinajstić information content (AvgIpc) is 2.67. The molecule has 0 aromatic rings. The number of hydrogen-bond acceptors (Lipinski definition) is 7. The number of ether oxygens (including phenoxy) is 1. The highest BCUT2D eigenvalue weighted by molar-refractivity contribution is 5.76. The van der Waals surface area contributed by atoms with Crippen molar-refractivity contribution in [1.82, 2.24) is 10.2 Å². The number of Topliss-reactive ketones (excluding diaryl/α,β-unsaturated/α-hetero) is 1. The molecule has 0 unspecified atom stereocenters. The van der Waals surface area contributed by atoms with Gasteiger partial charge >= 0.3 is 11.9 Å². The summed E-state index contributed by atoms with van der Waals surface area (Å²) in [6, 6.07) is 0. The molecule has 0 atom stereocenters. The van der Waals surface area contributed by atoms with Crippen molar-refractivity contribution >= 4 is 23.6 Å². The summed E-state index contributed by atoms with van der Waals surface area (Å²) in [5.41, 5.74) is 0. The molecule has 186 valence electrons. The molecule has 0 aliphatic rings. The predicted octanol–water partition coefficient (Wildman–Crippen LogP) is 1.79. The third-order valence-electron chi connectivity index (χ3n) is 3.62. The van der Waals surface area contributed by atoms with E-state index in [1.54, 1.807) is 33.0 Å². The molecule has 0 radical (unpaired) electrons. The number of carbonyl (C=O) groups is 4. The second kappa shape index (κ2) is 28.0. The van der Waals surface area contributed by atoms with Gasteiger partial charge in [-0.25, -0.2) is 0 Å². The molecule has 0 aliphatic heterocycles. The van der Waals surface area contributed by atoms with Gasteiger partial charge in [-0.1, -0.05) is 7.43 Å². The minimum Gasteiger partial charge on any atom is -0.481 e. The molecule has 0 spiro atoms. The number of unbranched alkanes of at least 4 members (excludes halogenated alkanes) is 2. The summed E-state index contributed by atoms with van der Waals surface area (Å²) >= 11 is 0. The van der Waals surface area contributed by atoms with Gasteiger partial charge < -0.3 is 35.1 Å². The molecule has 0 bridgehead atoms. The Morgan fingerprint density at radius 2 is 1.35 bits per heavy atom. The first-order valence-corrected chi connectivity index (χ1v) is 10.0. The van der Waals surface area contributed by atoms with Gasteiger partial charge in [-0.3, -0.25) is 14.4 Å². The zero-order valence-electron chi connectivity index (χ0n) is 18.8. The van der Waals surface area contributed by atoms with E-state index in [4.69, 9.17) is 20.1 Å². The average molecular weight is 453 g/mol. The SMILES string of the molecule is C.CNCCO.COCCN(C)C(=O)CCCCC(C)=O.O=C(O)CCCCC(=O)O. The van der Waals surface area contributed by atoms with Gasteiger partial charge in [-0.05, 0) is 39.7 Å². The highest BCUT2D eigenvalue weighted by atomic mass is 16.5. The summed E-state index contributed by atoms with van der Waals surface area (Å²) in [5, 5.41) is 27.0. The number of carboxylic acid groups (broad SMARTS) is 2. The Kier molecular flexibility index (Phi) is 32.8. The fourth-order valence-corrected chi connectivity index (χ4v) is 1.86. The van der Waals surface area contributed by atoms with Crippen molar-refractivity contribution in [1.29, 1.82) is 0 Å². The van der Waals surface area contributed by atoms with Crippen LogP contribution in [0.15, 0.2) is 0 Å². The maximum absolute atomic E-state index is 11.5. The lowest BCUT2D eigenvalue weighted by Gasteiger charge is -2.16.